The average molecular weight is 417 g/mol. The SMILES string of the molecule is O=C(c1ccc2c(c1)N=C(c1ccc(F)cc1)c1ccccc1S2)N1CCCCC1. The topological polar surface area (TPSA) is 32.7 Å². The number of benzene rings is 3. The first kappa shape index (κ1) is 19.1. The van der Waals surface area contributed by atoms with Crippen molar-refractivity contribution in [3.63, 3.8) is 0 Å². The van der Waals surface area contributed by atoms with Crippen molar-refractivity contribution in [2.75, 3.05) is 13.1 Å². The lowest BCUT2D eigenvalue weighted by Crippen LogP contribution is -2.35. The minimum Gasteiger partial charge on any atom is -0.339 e. The first-order chi connectivity index (χ1) is 14.7. The Bertz CT molecular complexity index is 1130. The second-order valence-electron chi connectivity index (χ2n) is 7.60. The number of piperidine rings is 1. The van der Waals surface area contributed by atoms with Gasteiger partial charge in [0.2, 0.25) is 0 Å². The number of hydrogen-bond acceptors (Lipinski definition) is 3. The number of aliphatic imine (C=N–C) groups is 1. The number of carbonyl (C=O) groups is 1. The molecule has 3 nitrogen and oxygen atoms in total. The van der Waals surface area contributed by atoms with Gasteiger partial charge < -0.3 is 4.90 Å². The molecule has 0 radical (unpaired) electrons. The lowest BCUT2D eigenvalue weighted by molar-refractivity contribution is 0.0724. The smallest absolute Gasteiger partial charge is 0.253 e. The molecule has 3 aromatic rings. The van der Waals surface area contributed by atoms with Gasteiger partial charge in [-0.15, -0.1) is 0 Å². The molecule has 0 bridgehead atoms. The number of hydrogen-bond donors (Lipinski definition) is 0. The molecule has 1 saturated heterocycles. The third kappa shape index (κ3) is 3.65. The number of amides is 1. The maximum Gasteiger partial charge on any atom is 0.253 e. The van der Waals surface area contributed by atoms with Crippen molar-refractivity contribution in [1.29, 1.82) is 0 Å². The highest BCUT2D eigenvalue weighted by Crippen LogP contribution is 2.41. The van der Waals surface area contributed by atoms with E-state index in [0.717, 1.165) is 58.2 Å². The molecule has 1 fully saturated rings. The minimum atomic E-state index is -0.273. The van der Waals surface area contributed by atoms with Gasteiger partial charge in [-0.05, 0) is 67.8 Å². The number of rotatable bonds is 2. The van der Waals surface area contributed by atoms with Crippen molar-refractivity contribution < 1.29 is 9.18 Å². The quantitative estimate of drug-likeness (QED) is 0.396. The molecule has 0 atom stereocenters. The molecule has 0 N–H and O–H groups in total. The van der Waals surface area contributed by atoms with Crippen LogP contribution in [0.25, 0.3) is 0 Å². The van der Waals surface area contributed by atoms with E-state index in [1.807, 2.05) is 41.3 Å². The summed E-state index contributed by atoms with van der Waals surface area (Å²) in [6, 6.07) is 20.3. The third-order valence-corrected chi connectivity index (χ3v) is 6.70. The molecule has 2 heterocycles. The molecule has 1 amide bonds. The van der Waals surface area contributed by atoms with E-state index >= 15 is 0 Å². The summed E-state index contributed by atoms with van der Waals surface area (Å²) in [5.74, 6) is -0.201. The van der Waals surface area contributed by atoms with Crippen LogP contribution in [-0.4, -0.2) is 29.6 Å². The van der Waals surface area contributed by atoms with Gasteiger partial charge in [-0.1, -0.05) is 30.0 Å². The van der Waals surface area contributed by atoms with Crippen molar-refractivity contribution in [2.45, 2.75) is 29.1 Å². The summed E-state index contributed by atoms with van der Waals surface area (Å²) in [4.78, 5) is 22.0. The van der Waals surface area contributed by atoms with E-state index in [1.54, 1.807) is 23.9 Å². The van der Waals surface area contributed by atoms with Gasteiger partial charge in [0.15, 0.2) is 0 Å². The van der Waals surface area contributed by atoms with Crippen molar-refractivity contribution in [3.8, 4) is 0 Å². The Morgan fingerprint density at radius 2 is 1.67 bits per heavy atom. The van der Waals surface area contributed by atoms with Crippen LogP contribution in [0.2, 0.25) is 0 Å². The maximum absolute atomic E-state index is 13.5. The van der Waals surface area contributed by atoms with Gasteiger partial charge in [0.25, 0.3) is 5.91 Å². The van der Waals surface area contributed by atoms with Gasteiger partial charge >= 0.3 is 0 Å². The average Bonchev–Trinajstić information content (AvgIpc) is 2.96. The Labute approximate surface area is 179 Å². The Balaban J connectivity index is 1.60. The van der Waals surface area contributed by atoms with Crippen LogP contribution in [0.4, 0.5) is 10.1 Å². The summed E-state index contributed by atoms with van der Waals surface area (Å²) in [6.07, 6.45) is 3.32. The fourth-order valence-electron chi connectivity index (χ4n) is 3.98. The molecule has 0 aromatic heterocycles. The van der Waals surface area contributed by atoms with Crippen LogP contribution in [0.1, 0.15) is 40.7 Å². The van der Waals surface area contributed by atoms with Crippen LogP contribution < -0.4 is 0 Å². The third-order valence-electron chi connectivity index (χ3n) is 5.56. The molecule has 2 aliphatic rings. The van der Waals surface area contributed by atoms with E-state index < -0.39 is 0 Å². The van der Waals surface area contributed by atoms with E-state index in [1.165, 1.54) is 18.6 Å². The van der Waals surface area contributed by atoms with E-state index in [0.29, 0.717) is 5.56 Å². The second-order valence-corrected chi connectivity index (χ2v) is 8.68. The molecule has 5 heteroatoms. The summed E-state index contributed by atoms with van der Waals surface area (Å²) < 4.78 is 13.5. The van der Waals surface area contributed by atoms with Gasteiger partial charge in [0.05, 0.1) is 11.4 Å². The van der Waals surface area contributed by atoms with Crippen LogP contribution in [0, 0.1) is 5.82 Å². The van der Waals surface area contributed by atoms with Crippen molar-refractivity contribution in [1.82, 2.24) is 4.90 Å². The van der Waals surface area contributed by atoms with Gasteiger partial charge in [-0.2, -0.15) is 0 Å². The first-order valence-corrected chi connectivity index (χ1v) is 11.1. The van der Waals surface area contributed by atoms with Crippen LogP contribution >= 0.6 is 11.8 Å². The molecule has 0 aliphatic carbocycles. The Kier molecular flexibility index (Phi) is 5.13. The van der Waals surface area contributed by atoms with Gasteiger partial charge in [0.1, 0.15) is 5.82 Å². The van der Waals surface area contributed by atoms with Crippen molar-refractivity contribution >= 4 is 29.1 Å². The Morgan fingerprint density at radius 1 is 0.900 bits per heavy atom. The van der Waals surface area contributed by atoms with E-state index in [9.17, 15) is 9.18 Å². The number of carbonyl (C=O) groups excluding carboxylic acids is 1. The predicted octanol–water partition coefficient (Wildman–Crippen LogP) is 6.09. The summed E-state index contributed by atoms with van der Waals surface area (Å²) in [6.45, 7) is 1.64. The van der Waals surface area contributed by atoms with Crippen molar-refractivity contribution in [2.24, 2.45) is 4.99 Å². The Morgan fingerprint density at radius 3 is 2.47 bits per heavy atom. The lowest BCUT2D eigenvalue weighted by Gasteiger charge is -2.26. The largest absolute Gasteiger partial charge is 0.339 e. The standard InChI is InChI=1S/C25H21FN2OS/c26-19-11-8-17(9-12-19)24-20-6-2-3-7-22(20)30-23-13-10-18(16-21(23)27-24)25(29)28-14-4-1-5-15-28/h2-3,6-13,16H,1,4-5,14-15H2. The van der Waals surface area contributed by atoms with E-state index in [2.05, 4.69) is 6.07 Å². The zero-order valence-corrected chi connectivity index (χ0v) is 17.3. The molecule has 0 saturated carbocycles. The molecule has 0 spiro atoms. The Hall–Kier alpha value is -2.92. The second kappa shape index (κ2) is 8.07. The molecule has 2 aliphatic heterocycles. The highest BCUT2D eigenvalue weighted by Gasteiger charge is 2.22. The summed E-state index contributed by atoms with van der Waals surface area (Å²) in [5.41, 5.74) is 4.10. The molecular weight excluding hydrogens is 395 g/mol. The number of nitrogens with zero attached hydrogens (tertiary/aromatic N) is 2. The lowest BCUT2D eigenvalue weighted by atomic mass is 10.0. The first-order valence-electron chi connectivity index (χ1n) is 10.2. The van der Waals surface area contributed by atoms with Crippen LogP contribution in [0.3, 0.4) is 0 Å². The number of fused-ring (bicyclic) bond motifs is 2. The van der Waals surface area contributed by atoms with Gasteiger partial charge in [-0.25, -0.2) is 9.38 Å². The monoisotopic (exact) mass is 416 g/mol. The molecule has 0 unspecified atom stereocenters. The molecular formula is C25H21FN2OS. The number of likely N-dealkylation sites (tertiary alicyclic amines) is 1. The van der Waals surface area contributed by atoms with Crippen LogP contribution in [0.15, 0.2) is 81.5 Å². The highest BCUT2D eigenvalue weighted by molar-refractivity contribution is 7.99. The fourth-order valence-corrected chi connectivity index (χ4v) is 4.99. The predicted molar refractivity (Wildman–Crippen MR) is 118 cm³/mol. The zero-order chi connectivity index (χ0) is 20.5. The van der Waals surface area contributed by atoms with Crippen LogP contribution in [-0.2, 0) is 0 Å². The van der Waals surface area contributed by atoms with Crippen LogP contribution in [0.5, 0.6) is 0 Å². The van der Waals surface area contributed by atoms with E-state index in [4.69, 9.17) is 4.99 Å². The molecule has 150 valence electrons. The van der Waals surface area contributed by atoms with Gasteiger partial charge in [-0.3, -0.25) is 4.79 Å². The molecule has 3 aromatic carbocycles. The van der Waals surface area contributed by atoms with Gasteiger partial charge in [0, 0.05) is 39.6 Å². The fraction of sp³-hybridized carbons (Fsp3) is 0.200. The molecule has 5 rings (SSSR count). The summed E-state index contributed by atoms with van der Waals surface area (Å²) in [5, 5.41) is 0. The minimum absolute atomic E-state index is 0.0720. The zero-order valence-electron chi connectivity index (χ0n) is 16.5. The molecule has 30 heavy (non-hydrogen) atoms. The summed E-state index contributed by atoms with van der Waals surface area (Å²) in [7, 11) is 0. The number of halogens is 1. The summed E-state index contributed by atoms with van der Waals surface area (Å²) >= 11 is 1.65. The highest BCUT2D eigenvalue weighted by atomic mass is 32.2. The maximum atomic E-state index is 13.5. The normalized spacial score (nSPS) is 15.6. The van der Waals surface area contributed by atoms with E-state index in [-0.39, 0.29) is 11.7 Å². The van der Waals surface area contributed by atoms with Crippen molar-refractivity contribution in [3.05, 3.63) is 89.2 Å².